The van der Waals surface area contributed by atoms with Gasteiger partial charge < -0.3 is 10.1 Å². The Labute approximate surface area is 154 Å². The van der Waals surface area contributed by atoms with Crippen LogP contribution in [0.1, 0.15) is 27.0 Å². The second kappa shape index (κ2) is 8.23. The minimum atomic E-state index is -3.35. The van der Waals surface area contributed by atoms with Gasteiger partial charge in [-0.1, -0.05) is 6.07 Å². The van der Waals surface area contributed by atoms with E-state index in [4.69, 9.17) is 4.74 Å². The molecule has 0 heterocycles. The van der Waals surface area contributed by atoms with Crippen LogP contribution in [0.4, 0.5) is 5.69 Å². The SMILES string of the molecule is Cc1cc(C)cc(OCCNC(=O)c2ccc(NS(C)(=O)=O)c(C)c2)c1. The number of benzene rings is 2. The zero-order valence-electron chi connectivity index (χ0n) is 15.4. The fourth-order valence-electron chi connectivity index (χ4n) is 2.57. The van der Waals surface area contributed by atoms with Crippen LogP contribution in [0.3, 0.4) is 0 Å². The molecule has 0 aliphatic rings. The van der Waals surface area contributed by atoms with Gasteiger partial charge in [-0.05, 0) is 67.8 Å². The molecule has 2 N–H and O–H groups in total. The molecule has 2 aromatic rings. The van der Waals surface area contributed by atoms with E-state index < -0.39 is 10.0 Å². The fourth-order valence-corrected chi connectivity index (χ4v) is 3.20. The van der Waals surface area contributed by atoms with Crippen molar-refractivity contribution in [1.29, 1.82) is 0 Å². The highest BCUT2D eigenvalue weighted by Crippen LogP contribution is 2.18. The summed E-state index contributed by atoms with van der Waals surface area (Å²) < 4.78 is 30.7. The Hall–Kier alpha value is -2.54. The first kappa shape index (κ1) is 19.8. The van der Waals surface area contributed by atoms with Crippen LogP contribution in [-0.4, -0.2) is 33.7 Å². The lowest BCUT2D eigenvalue weighted by Crippen LogP contribution is -2.28. The molecule has 0 radical (unpaired) electrons. The van der Waals surface area contributed by atoms with Crippen LogP contribution in [0.15, 0.2) is 36.4 Å². The lowest BCUT2D eigenvalue weighted by atomic mass is 10.1. The molecule has 0 spiro atoms. The van der Waals surface area contributed by atoms with E-state index in [2.05, 4.69) is 16.1 Å². The van der Waals surface area contributed by atoms with E-state index in [9.17, 15) is 13.2 Å². The molecule has 140 valence electrons. The van der Waals surface area contributed by atoms with Crippen molar-refractivity contribution in [2.75, 3.05) is 24.1 Å². The molecule has 6 nitrogen and oxygen atoms in total. The molecule has 0 atom stereocenters. The summed E-state index contributed by atoms with van der Waals surface area (Å²) in [5.74, 6) is 0.548. The van der Waals surface area contributed by atoms with Crippen molar-refractivity contribution in [1.82, 2.24) is 5.32 Å². The molecular formula is C19H24N2O4S. The standard InChI is InChI=1S/C19H24N2O4S/c1-13-9-14(2)11-17(10-13)25-8-7-20-19(22)16-5-6-18(15(3)12-16)21-26(4,23)24/h5-6,9-12,21H,7-8H2,1-4H3,(H,20,22). The molecule has 0 unspecified atom stereocenters. The Kier molecular flexibility index (Phi) is 6.26. The Morgan fingerprint density at radius 3 is 2.27 bits per heavy atom. The largest absolute Gasteiger partial charge is 0.492 e. The summed E-state index contributed by atoms with van der Waals surface area (Å²) in [5.41, 5.74) is 3.86. The van der Waals surface area contributed by atoms with Crippen LogP contribution in [-0.2, 0) is 10.0 Å². The van der Waals surface area contributed by atoms with E-state index in [0.29, 0.717) is 30.0 Å². The minimum absolute atomic E-state index is 0.233. The predicted octanol–water partition coefficient (Wildman–Crippen LogP) is 2.79. The van der Waals surface area contributed by atoms with E-state index in [1.807, 2.05) is 26.0 Å². The smallest absolute Gasteiger partial charge is 0.251 e. The van der Waals surface area contributed by atoms with Crippen LogP contribution in [0, 0.1) is 20.8 Å². The second-order valence-corrected chi connectivity index (χ2v) is 8.08. The highest BCUT2D eigenvalue weighted by molar-refractivity contribution is 7.92. The summed E-state index contributed by atoms with van der Waals surface area (Å²) in [6.45, 7) is 6.49. The Morgan fingerprint density at radius 2 is 1.69 bits per heavy atom. The van der Waals surface area contributed by atoms with Gasteiger partial charge in [-0.15, -0.1) is 0 Å². The van der Waals surface area contributed by atoms with Gasteiger partial charge in [0.1, 0.15) is 12.4 Å². The number of anilines is 1. The molecule has 1 amide bonds. The quantitative estimate of drug-likeness (QED) is 0.728. The third-order valence-electron chi connectivity index (χ3n) is 3.64. The van der Waals surface area contributed by atoms with Crippen LogP contribution >= 0.6 is 0 Å². The van der Waals surface area contributed by atoms with Gasteiger partial charge >= 0.3 is 0 Å². The normalized spacial score (nSPS) is 11.1. The second-order valence-electron chi connectivity index (χ2n) is 6.33. The number of ether oxygens (including phenoxy) is 1. The number of amides is 1. The van der Waals surface area contributed by atoms with E-state index in [1.165, 1.54) is 0 Å². The first-order chi connectivity index (χ1) is 12.1. The van der Waals surface area contributed by atoms with Crippen molar-refractivity contribution in [2.24, 2.45) is 0 Å². The highest BCUT2D eigenvalue weighted by Gasteiger charge is 2.10. The number of aryl methyl sites for hydroxylation is 3. The lowest BCUT2D eigenvalue weighted by molar-refractivity contribution is 0.0947. The van der Waals surface area contributed by atoms with Gasteiger partial charge in [-0.25, -0.2) is 8.42 Å². The van der Waals surface area contributed by atoms with Crippen LogP contribution in [0.2, 0.25) is 0 Å². The number of sulfonamides is 1. The van der Waals surface area contributed by atoms with E-state index >= 15 is 0 Å². The van der Waals surface area contributed by atoms with Gasteiger partial charge in [-0.3, -0.25) is 9.52 Å². The maximum atomic E-state index is 12.2. The predicted molar refractivity (Wildman–Crippen MR) is 103 cm³/mol. The maximum Gasteiger partial charge on any atom is 0.251 e. The molecule has 0 aliphatic carbocycles. The Bertz CT molecular complexity index is 888. The van der Waals surface area contributed by atoms with Gasteiger partial charge in [0.2, 0.25) is 10.0 Å². The monoisotopic (exact) mass is 376 g/mol. The molecule has 0 aromatic heterocycles. The number of carbonyl (C=O) groups excluding carboxylic acids is 1. The Balaban J connectivity index is 1.88. The average molecular weight is 376 g/mol. The zero-order chi connectivity index (χ0) is 19.3. The van der Waals surface area contributed by atoms with Crippen LogP contribution < -0.4 is 14.8 Å². The molecule has 7 heteroatoms. The van der Waals surface area contributed by atoms with Gasteiger partial charge in [0.25, 0.3) is 5.91 Å². The molecule has 0 bridgehead atoms. The number of hydrogen-bond acceptors (Lipinski definition) is 4. The highest BCUT2D eigenvalue weighted by atomic mass is 32.2. The summed E-state index contributed by atoms with van der Waals surface area (Å²) in [4.78, 5) is 12.2. The summed E-state index contributed by atoms with van der Waals surface area (Å²) >= 11 is 0. The summed E-state index contributed by atoms with van der Waals surface area (Å²) in [6.07, 6.45) is 1.09. The van der Waals surface area contributed by atoms with Crippen LogP contribution in [0.25, 0.3) is 0 Å². The van der Waals surface area contributed by atoms with Crippen molar-refractivity contribution in [3.63, 3.8) is 0 Å². The Morgan fingerprint density at radius 1 is 1.04 bits per heavy atom. The van der Waals surface area contributed by atoms with Gasteiger partial charge in [0.05, 0.1) is 18.5 Å². The molecule has 0 saturated carbocycles. The molecule has 2 aromatic carbocycles. The zero-order valence-corrected chi connectivity index (χ0v) is 16.2. The molecule has 0 aliphatic heterocycles. The van der Waals surface area contributed by atoms with Gasteiger partial charge in [0, 0.05) is 5.56 Å². The summed E-state index contributed by atoms with van der Waals surface area (Å²) in [5, 5.41) is 2.79. The van der Waals surface area contributed by atoms with Crippen molar-refractivity contribution in [2.45, 2.75) is 20.8 Å². The number of nitrogens with one attached hydrogen (secondary N) is 2. The van der Waals surface area contributed by atoms with Crippen molar-refractivity contribution in [3.8, 4) is 5.75 Å². The number of hydrogen-bond donors (Lipinski definition) is 2. The lowest BCUT2D eigenvalue weighted by Gasteiger charge is -2.11. The number of rotatable bonds is 7. The molecule has 2 rings (SSSR count). The topological polar surface area (TPSA) is 84.5 Å². The van der Waals surface area contributed by atoms with E-state index in [0.717, 1.165) is 23.1 Å². The number of carbonyl (C=O) groups is 1. The summed E-state index contributed by atoms with van der Waals surface area (Å²) in [6, 6.07) is 10.8. The molecule has 26 heavy (non-hydrogen) atoms. The minimum Gasteiger partial charge on any atom is -0.492 e. The third kappa shape index (κ3) is 6.07. The van der Waals surface area contributed by atoms with Crippen LogP contribution in [0.5, 0.6) is 5.75 Å². The van der Waals surface area contributed by atoms with Crippen molar-refractivity contribution < 1.29 is 17.9 Å². The van der Waals surface area contributed by atoms with E-state index in [1.54, 1.807) is 25.1 Å². The van der Waals surface area contributed by atoms with Gasteiger partial charge in [0.15, 0.2) is 0 Å². The molecule has 0 saturated heterocycles. The van der Waals surface area contributed by atoms with Crippen molar-refractivity contribution in [3.05, 3.63) is 58.7 Å². The van der Waals surface area contributed by atoms with Gasteiger partial charge in [-0.2, -0.15) is 0 Å². The van der Waals surface area contributed by atoms with E-state index in [-0.39, 0.29) is 5.91 Å². The average Bonchev–Trinajstić information content (AvgIpc) is 2.51. The summed E-state index contributed by atoms with van der Waals surface area (Å²) in [7, 11) is -3.35. The maximum absolute atomic E-state index is 12.2. The first-order valence-corrected chi connectivity index (χ1v) is 10.1. The first-order valence-electron chi connectivity index (χ1n) is 8.22. The fraction of sp³-hybridized carbons (Fsp3) is 0.316. The third-order valence-corrected chi connectivity index (χ3v) is 4.23. The molecular weight excluding hydrogens is 352 g/mol. The molecule has 0 fully saturated rings. The van der Waals surface area contributed by atoms with Crippen molar-refractivity contribution >= 4 is 21.6 Å².